The highest BCUT2D eigenvalue weighted by atomic mass is 16.7. The first-order chi connectivity index (χ1) is 20.3. The quantitative estimate of drug-likeness (QED) is 0.182. The summed E-state index contributed by atoms with van der Waals surface area (Å²) >= 11 is 0. The SMILES string of the molecule is CC(C)=CCC[C@](C)(O)[C@@]1(C)CC[C@@]2(C)[C@H]1[C@@H](O)C[C@@H]1[C@@H]2CC[C@@H]2C(C)(C)[C@H](O[C@H]3O[C@@H](CO)[C@H](O)[C@@H](O)[C@@H]3O)CC[C@]12C. The molecule has 0 radical (unpaired) electrons. The fourth-order valence-electron chi connectivity index (χ4n) is 11.8. The predicted molar refractivity (Wildman–Crippen MR) is 168 cm³/mol. The van der Waals surface area contributed by atoms with Crippen LogP contribution in [0.1, 0.15) is 113 Å². The fourth-order valence-corrected chi connectivity index (χ4v) is 11.8. The molecule has 0 spiro atoms. The molecule has 4 saturated carbocycles. The van der Waals surface area contributed by atoms with Crippen molar-refractivity contribution >= 4 is 0 Å². The number of allylic oxidation sites excluding steroid dienone is 2. The number of aliphatic hydroxyl groups excluding tert-OH is 5. The van der Waals surface area contributed by atoms with Crippen molar-refractivity contribution in [2.75, 3.05) is 6.61 Å². The molecule has 8 nitrogen and oxygen atoms in total. The Bertz CT molecular complexity index is 1070. The molecule has 0 aromatic rings. The largest absolute Gasteiger partial charge is 0.394 e. The standard InChI is InChI=1S/C36H62O8/c1-20(2)10-9-14-36(8,42)35(7)17-16-34(6)21-11-12-25-32(3,4)26(13-15-33(25,5)22(21)18-23(38)30(34)35)44-31-29(41)28(40)27(39)24(19-37)43-31/h10,21-31,37-42H,9,11-19H2,1-8H3/t21-,22+,23-,24-,25+,26+,27-,28+,29-,30+,31+,33+,34+,35-,36-/m0/s1. The molecule has 15 atom stereocenters. The van der Waals surface area contributed by atoms with Gasteiger partial charge < -0.3 is 40.1 Å². The minimum absolute atomic E-state index is 0.00156. The highest BCUT2D eigenvalue weighted by Gasteiger charge is 2.70. The van der Waals surface area contributed by atoms with Crippen LogP contribution in [0.25, 0.3) is 0 Å². The Morgan fingerprint density at radius 2 is 1.57 bits per heavy atom. The third-order valence-corrected chi connectivity index (χ3v) is 14.4. The van der Waals surface area contributed by atoms with Gasteiger partial charge in [0.2, 0.25) is 0 Å². The Hall–Kier alpha value is -0.580. The Kier molecular flexibility index (Phi) is 9.35. The van der Waals surface area contributed by atoms with E-state index in [2.05, 4.69) is 54.5 Å². The average molecular weight is 623 g/mol. The smallest absolute Gasteiger partial charge is 0.186 e. The topological polar surface area (TPSA) is 140 Å². The lowest BCUT2D eigenvalue weighted by Gasteiger charge is -2.67. The molecule has 254 valence electrons. The Morgan fingerprint density at radius 3 is 2.20 bits per heavy atom. The van der Waals surface area contributed by atoms with Crippen LogP contribution in [0.15, 0.2) is 11.6 Å². The van der Waals surface area contributed by atoms with Gasteiger partial charge in [-0.2, -0.15) is 0 Å². The van der Waals surface area contributed by atoms with Crippen molar-refractivity contribution in [3.63, 3.8) is 0 Å². The summed E-state index contributed by atoms with van der Waals surface area (Å²) in [5.74, 6) is 1.22. The fraction of sp³-hybridized carbons (Fsp3) is 0.944. The van der Waals surface area contributed by atoms with Crippen molar-refractivity contribution in [2.45, 2.75) is 162 Å². The van der Waals surface area contributed by atoms with E-state index in [9.17, 15) is 30.6 Å². The molecule has 8 heteroatoms. The summed E-state index contributed by atoms with van der Waals surface area (Å²) in [5, 5.41) is 65.0. The van der Waals surface area contributed by atoms with Gasteiger partial charge in [-0.15, -0.1) is 0 Å². The van der Waals surface area contributed by atoms with Crippen LogP contribution in [0, 0.1) is 45.3 Å². The van der Waals surface area contributed by atoms with Gasteiger partial charge in [0, 0.05) is 5.41 Å². The molecule has 44 heavy (non-hydrogen) atoms. The van der Waals surface area contributed by atoms with Crippen LogP contribution < -0.4 is 0 Å². The molecule has 1 aliphatic heterocycles. The molecule has 6 N–H and O–H groups in total. The first kappa shape index (κ1) is 34.7. The second-order valence-electron chi connectivity index (χ2n) is 17.3. The molecule has 0 aromatic carbocycles. The maximum absolute atomic E-state index is 12.1. The maximum Gasteiger partial charge on any atom is 0.186 e. The van der Waals surface area contributed by atoms with Crippen LogP contribution in [0.2, 0.25) is 0 Å². The van der Waals surface area contributed by atoms with Crippen LogP contribution in [0.5, 0.6) is 0 Å². The van der Waals surface area contributed by atoms with Crippen LogP contribution in [0.4, 0.5) is 0 Å². The van der Waals surface area contributed by atoms with Gasteiger partial charge in [-0.05, 0) is 118 Å². The number of aliphatic hydroxyl groups is 6. The summed E-state index contributed by atoms with van der Waals surface area (Å²) in [6, 6.07) is 0. The monoisotopic (exact) mass is 622 g/mol. The van der Waals surface area contributed by atoms with Crippen molar-refractivity contribution < 1.29 is 40.1 Å². The van der Waals surface area contributed by atoms with E-state index in [-0.39, 0.29) is 33.7 Å². The molecule has 0 unspecified atom stereocenters. The van der Waals surface area contributed by atoms with Crippen molar-refractivity contribution in [3.05, 3.63) is 11.6 Å². The molecule has 0 aromatic heterocycles. The summed E-state index contributed by atoms with van der Waals surface area (Å²) in [7, 11) is 0. The molecule has 4 aliphatic carbocycles. The van der Waals surface area contributed by atoms with E-state index < -0.39 is 49.0 Å². The molecular formula is C36H62O8. The van der Waals surface area contributed by atoms with Gasteiger partial charge in [0.15, 0.2) is 6.29 Å². The second-order valence-corrected chi connectivity index (χ2v) is 17.3. The summed E-state index contributed by atoms with van der Waals surface area (Å²) in [5.41, 5.74) is -0.253. The predicted octanol–water partition coefficient (Wildman–Crippen LogP) is 4.32. The lowest BCUT2D eigenvalue weighted by molar-refractivity contribution is -0.330. The van der Waals surface area contributed by atoms with Crippen LogP contribution in [0.3, 0.4) is 0 Å². The highest BCUT2D eigenvalue weighted by molar-refractivity contribution is 5.19. The van der Waals surface area contributed by atoms with Gasteiger partial charge in [0.1, 0.15) is 24.4 Å². The van der Waals surface area contributed by atoms with E-state index >= 15 is 0 Å². The molecule has 5 fully saturated rings. The van der Waals surface area contributed by atoms with Crippen molar-refractivity contribution in [3.8, 4) is 0 Å². The van der Waals surface area contributed by atoms with Crippen LogP contribution in [-0.2, 0) is 9.47 Å². The molecule has 0 bridgehead atoms. The molecular weight excluding hydrogens is 560 g/mol. The van der Waals surface area contributed by atoms with Crippen LogP contribution in [-0.4, -0.2) is 85.8 Å². The normalized spacial score (nSPS) is 51.5. The van der Waals surface area contributed by atoms with E-state index in [1.807, 2.05) is 6.92 Å². The van der Waals surface area contributed by atoms with Gasteiger partial charge >= 0.3 is 0 Å². The van der Waals surface area contributed by atoms with Crippen molar-refractivity contribution in [2.24, 2.45) is 45.3 Å². The van der Waals surface area contributed by atoms with Crippen LogP contribution >= 0.6 is 0 Å². The zero-order chi connectivity index (χ0) is 32.6. The second kappa shape index (κ2) is 11.8. The van der Waals surface area contributed by atoms with Gasteiger partial charge in [-0.3, -0.25) is 0 Å². The number of hydrogen-bond acceptors (Lipinski definition) is 8. The van der Waals surface area contributed by atoms with E-state index in [0.717, 1.165) is 51.4 Å². The summed E-state index contributed by atoms with van der Waals surface area (Å²) in [6.45, 7) is 17.3. The summed E-state index contributed by atoms with van der Waals surface area (Å²) in [6.07, 6.45) is 3.17. The first-order valence-corrected chi connectivity index (χ1v) is 17.3. The summed E-state index contributed by atoms with van der Waals surface area (Å²) in [4.78, 5) is 0. The van der Waals surface area contributed by atoms with E-state index in [0.29, 0.717) is 24.2 Å². The lowest BCUT2D eigenvalue weighted by atomic mass is 9.39. The number of hydrogen-bond donors (Lipinski definition) is 6. The number of fused-ring (bicyclic) bond motifs is 5. The van der Waals surface area contributed by atoms with Gasteiger partial charge in [0.05, 0.1) is 24.4 Å². The highest BCUT2D eigenvalue weighted by Crippen LogP contribution is 2.73. The third kappa shape index (κ3) is 5.26. The van der Waals surface area contributed by atoms with Gasteiger partial charge in [-0.1, -0.05) is 46.3 Å². The van der Waals surface area contributed by atoms with Crippen molar-refractivity contribution in [1.29, 1.82) is 0 Å². The number of rotatable bonds is 7. The van der Waals surface area contributed by atoms with Gasteiger partial charge in [-0.25, -0.2) is 0 Å². The minimum Gasteiger partial charge on any atom is -0.394 e. The first-order valence-electron chi connectivity index (χ1n) is 17.3. The zero-order valence-electron chi connectivity index (χ0n) is 28.5. The maximum atomic E-state index is 12.1. The van der Waals surface area contributed by atoms with Gasteiger partial charge in [0.25, 0.3) is 0 Å². The van der Waals surface area contributed by atoms with Crippen molar-refractivity contribution in [1.82, 2.24) is 0 Å². The van der Waals surface area contributed by atoms with E-state index in [1.165, 1.54) is 5.57 Å². The lowest BCUT2D eigenvalue weighted by Crippen LogP contribution is -2.65. The third-order valence-electron chi connectivity index (χ3n) is 14.4. The zero-order valence-corrected chi connectivity index (χ0v) is 28.5. The Labute approximate surface area is 265 Å². The molecule has 5 aliphatic rings. The minimum atomic E-state index is -1.46. The number of ether oxygens (including phenoxy) is 2. The summed E-state index contributed by atoms with van der Waals surface area (Å²) < 4.78 is 12.2. The molecule has 1 saturated heterocycles. The Balaban J connectivity index is 1.36. The molecule has 0 amide bonds. The van der Waals surface area contributed by atoms with E-state index in [1.54, 1.807) is 0 Å². The Morgan fingerprint density at radius 1 is 0.886 bits per heavy atom. The average Bonchev–Trinajstić information content (AvgIpc) is 3.24. The molecule has 5 rings (SSSR count). The molecule has 1 heterocycles. The van der Waals surface area contributed by atoms with E-state index in [4.69, 9.17) is 9.47 Å².